The monoisotopic (exact) mass is 251 g/mol. The smallest absolute Gasteiger partial charge is 0.358 e. The molecule has 17 heavy (non-hydrogen) atoms. The van der Waals surface area contributed by atoms with Crippen molar-refractivity contribution in [1.82, 2.24) is 9.78 Å². The number of ketones is 1. The van der Waals surface area contributed by atoms with Crippen LogP contribution in [-0.4, -0.2) is 20.5 Å². The fraction of sp³-hybridized carbons (Fsp3) is 0.200. The second-order valence-electron chi connectivity index (χ2n) is 3.46. The molecule has 0 atom stereocenters. The van der Waals surface area contributed by atoms with Crippen LogP contribution < -0.4 is 0 Å². The van der Waals surface area contributed by atoms with Gasteiger partial charge in [-0.15, -0.1) is 11.3 Å². The molecule has 0 saturated heterocycles. The van der Waals surface area contributed by atoms with Gasteiger partial charge in [0.15, 0.2) is 5.78 Å². The molecule has 0 aliphatic carbocycles. The maximum absolute atomic E-state index is 11.8. The number of Topliss-reactive ketones (excluding diaryl/α,β-unsaturated/α-hetero) is 1. The van der Waals surface area contributed by atoms with Crippen LogP contribution in [0.4, 0.5) is 5.82 Å². The van der Waals surface area contributed by atoms with E-state index >= 15 is 0 Å². The summed E-state index contributed by atoms with van der Waals surface area (Å²) in [6, 6.07) is 4.89. The molecular weight excluding hydrogens is 242 g/mol. The minimum Gasteiger partial charge on any atom is -0.358 e. The predicted octanol–water partition coefficient (Wildman–Crippen LogP) is 2.04. The van der Waals surface area contributed by atoms with Gasteiger partial charge in [0.25, 0.3) is 0 Å². The van der Waals surface area contributed by atoms with Crippen LogP contribution in [0.3, 0.4) is 0 Å². The van der Waals surface area contributed by atoms with Gasteiger partial charge in [-0.3, -0.25) is 4.79 Å². The van der Waals surface area contributed by atoms with Crippen molar-refractivity contribution in [3.63, 3.8) is 0 Å². The van der Waals surface area contributed by atoms with Gasteiger partial charge in [-0.1, -0.05) is 0 Å². The van der Waals surface area contributed by atoms with Crippen molar-refractivity contribution in [3.05, 3.63) is 44.3 Å². The number of hydrogen-bond acceptors (Lipinski definition) is 5. The highest BCUT2D eigenvalue weighted by Crippen LogP contribution is 2.16. The van der Waals surface area contributed by atoms with Gasteiger partial charge in [0.1, 0.15) is 6.54 Å². The molecule has 0 fully saturated rings. The maximum Gasteiger partial charge on any atom is 0.389 e. The quantitative estimate of drug-likeness (QED) is 0.473. The number of nitro groups is 1. The third-order valence-corrected chi connectivity index (χ3v) is 3.18. The van der Waals surface area contributed by atoms with Gasteiger partial charge in [-0.05, 0) is 24.0 Å². The molecule has 2 aromatic rings. The fourth-order valence-electron chi connectivity index (χ4n) is 1.35. The Morgan fingerprint density at radius 2 is 2.29 bits per heavy atom. The number of thiophene rings is 1. The zero-order chi connectivity index (χ0) is 12.4. The Morgan fingerprint density at radius 1 is 1.53 bits per heavy atom. The van der Waals surface area contributed by atoms with Gasteiger partial charge >= 0.3 is 5.82 Å². The van der Waals surface area contributed by atoms with E-state index < -0.39 is 4.92 Å². The van der Waals surface area contributed by atoms with Crippen LogP contribution >= 0.6 is 11.3 Å². The Kier molecular flexibility index (Phi) is 3.01. The Bertz CT molecular complexity index is 573. The molecule has 0 aromatic carbocycles. The SMILES string of the molecule is Cc1ccc(C(=O)Cn2ccc([N+](=O)[O-])n2)s1. The molecule has 6 nitrogen and oxygen atoms in total. The maximum atomic E-state index is 11.8. The average molecular weight is 251 g/mol. The van der Waals surface area contributed by atoms with Crippen molar-refractivity contribution in [1.29, 1.82) is 0 Å². The lowest BCUT2D eigenvalue weighted by Crippen LogP contribution is -2.09. The van der Waals surface area contributed by atoms with E-state index in [0.29, 0.717) is 4.88 Å². The molecule has 2 heterocycles. The first-order chi connectivity index (χ1) is 8.06. The van der Waals surface area contributed by atoms with Crippen molar-refractivity contribution >= 4 is 22.9 Å². The highest BCUT2D eigenvalue weighted by atomic mass is 32.1. The third kappa shape index (κ3) is 2.56. The van der Waals surface area contributed by atoms with Crippen LogP contribution in [0.1, 0.15) is 14.5 Å². The van der Waals surface area contributed by atoms with Crippen LogP contribution in [-0.2, 0) is 6.54 Å². The summed E-state index contributed by atoms with van der Waals surface area (Å²) in [5, 5.41) is 14.1. The van der Waals surface area contributed by atoms with Crippen LogP contribution in [0.15, 0.2) is 24.4 Å². The van der Waals surface area contributed by atoms with Crippen molar-refractivity contribution in [3.8, 4) is 0 Å². The summed E-state index contributed by atoms with van der Waals surface area (Å²) in [6.07, 6.45) is 1.43. The molecule has 0 amide bonds. The predicted molar refractivity (Wildman–Crippen MR) is 62.3 cm³/mol. The number of carbonyl (C=O) groups excluding carboxylic acids is 1. The molecule has 0 radical (unpaired) electrons. The van der Waals surface area contributed by atoms with Crippen LogP contribution in [0.2, 0.25) is 0 Å². The Labute approximate surface area is 101 Å². The van der Waals surface area contributed by atoms with E-state index in [-0.39, 0.29) is 18.1 Å². The molecule has 7 heteroatoms. The van der Waals surface area contributed by atoms with Crippen LogP contribution in [0, 0.1) is 17.0 Å². The largest absolute Gasteiger partial charge is 0.389 e. The number of rotatable bonds is 4. The minimum absolute atomic E-state index is 0.0216. The van der Waals surface area contributed by atoms with E-state index in [4.69, 9.17) is 0 Å². The van der Waals surface area contributed by atoms with E-state index in [1.165, 1.54) is 28.3 Å². The molecule has 0 aliphatic heterocycles. The highest BCUT2D eigenvalue weighted by Gasteiger charge is 2.15. The van der Waals surface area contributed by atoms with Crippen molar-refractivity contribution < 1.29 is 9.72 Å². The summed E-state index contributed by atoms with van der Waals surface area (Å²) in [6.45, 7) is 1.94. The molecule has 2 rings (SSSR count). The van der Waals surface area contributed by atoms with Gasteiger partial charge in [0, 0.05) is 4.88 Å². The van der Waals surface area contributed by atoms with E-state index in [1.54, 1.807) is 6.07 Å². The Hall–Kier alpha value is -2.02. The van der Waals surface area contributed by atoms with Crippen molar-refractivity contribution in [2.75, 3.05) is 0 Å². The van der Waals surface area contributed by atoms with Gasteiger partial charge in [-0.2, -0.15) is 4.68 Å². The average Bonchev–Trinajstić information content (AvgIpc) is 2.86. The van der Waals surface area contributed by atoms with Gasteiger partial charge in [0.2, 0.25) is 0 Å². The summed E-state index contributed by atoms with van der Waals surface area (Å²) < 4.78 is 1.27. The molecule has 0 saturated carbocycles. The number of hydrogen-bond donors (Lipinski definition) is 0. The topological polar surface area (TPSA) is 78.0 Å². The summed E-state index contributed by atoms with van der Waals surface area (Å²) in [5.74, 6) is -0.346. The first kappa shape index (κ1) is 11.5. The third-order valence-electron chi connectivity index (χ3n) is 2.13. The fourth-order valence-corrected chi connectivity index (χ4v) is 2.14. The standard InChI is InChI=1S/C10H9N3O3S/c1-7-2-3-9(17-7)8(14)6-12-5-4-10(11-12)13(15)16/h2-5H,6H2,1H3. The molecule has 88 valence electrons. The zero-order valence-electron chi connectivity index (χ0n) is 8.99. The lowest BCUT2D eigenvalue weighted by molar-refractivity contribution is -0.389. The summed E-state index contributed by atoms with van der Waals surface area (Å²) in [4.78, 5) is 23.3. The first-order valence-electron chi connectivity index (χ1n) is 4.84. The van der Waals surface area contributed by atoms with Crippen molar-refractivity contribution in [2.24, 2.45) is 0 Å². The van der Waals surface area contributed by atoms with E-state index in [0.717, 1.165) is 4.88 Å². The second kappa shape index (κ2) is 4.46. The molecule has 0 N–H and O–H groups in total. The van der Waals surface area contributed by atoms with Crippen LogP contribution in [0.25, 0.3) is 0 Å². The molecule has 2 aromatic heterocycles. The number of aryl methyl sites for hydroxylation is 1. The molecule has 0 unspecified atom stereocenters. The molecular formula is C10H9N3O3S. The Balaban J connectivity index is 2.10. The summed E-state index contributed by atoms with van der Waals surface area (Å²) >= 11 is 1.40. The molecule has 0 spiro atoms. The summed E-state index contributed by atoms with van der Waals surface area (Å²) in [7, 11) is 0. The summed E-state index contributed by atoms with van der Waals surface area (Å²) in [5.41, 5.74) is 0. The second-order valence-corrected chi connectivity index (χ2v) is 4.75. The van der Waals surface area contributed by atoms with E-state index in [2.05, 4.69) is 5.10 Å². The normalized spacial score (nSPS) is 10.4. The molecule has 0 aliphatic rings. The number of nitrogens with zero attached hydrogens (tertiary/aromatic N) is 3. The van der Waals surface area contributed by atoms with E-state index in [9.17, 15) is 14.9 Å². The lowest BCUT2D eigenvalue weighted by atomic mass is 10.3. The number of carbonyl (C=O) groups is 1. The van der Waals surface area contributed by atoms with Gasteiger partial charge in [0.05, 0.1) is 22.2 Å². The number of aromatic nitrogens is 2. The Morgan fingerprint density at radius 3 is 2.82 bits per heavy atom. The molecule has 0 bridgehead atoms. The van der Waals surface area contributed by atoms with Gasteiger partial charge < -0.3 is 10.1 Å². The first-order valence-corrected chi connectivity index (χ1v) is 5.65. The van der Waals surface area contributed by atoms with Crippen LogP contribution in [0.5, 0.6) is 0 Å². The lowest BCUT2D eigenvalue weighted by Gasteiger charge is -1.94. The zero-order valence-corrected chi connectivity index (χ0v) is 9.81. The van der Waals surface area contributed by atoms with E-state index in [1.807, 2.05) is 13.0 Å². The minimum atomic E-state index is -0.587. The van der Waals surface area contributed by atoms with Crippen molar-refractivity contribution in [2.45, 2.75) is 13.5 Å². The highest BCUT2D eigenvalue weighted by molar-refractivity contribution is 7.14. The van der Waals surface area contributed by atoms with Gasteiger partial charge in [-0.25, -0.2) is 0 Å².